The van der Waals surface area contributed by atoms with Gasteiger partial charge in [0.05, 0.1) is 6.21 Å². The number of rotatable bonds is 0. The number of hydrazine groups is 1. The van der Waals surface area contributed by atoms with Crippen LogP contribution in [0.1, 0.15) is 0 Å². The quantitative estimate of drug-likeness (QED) is 0.305. The summed E-state index contributed by atoms with van der Waals surface area (Å²) < 4.78 is 0. The predicted molar refractivity (Wildman–Crippen MR) is 33.1 cm³/mol. The molecule has 5 nitrogen and oxygen atoms in total. The largest absolute Gasteiger partial charge is 0.293 e. The van der Waals surface area contributed by atoms with Gasteiger partial charge in [-0.05, 0) is 0 Å². The van der Waals surface area contributed by atoms with Crippen molar-refractivity contribution in [1.82, 2.24) is 5.43 Å². The van der Waals surface area contributed by atoms with Crippen molar-refractivity contribution in [2.45, 2.75) is 0 Å². The fourth-order valence-corrected chi connectivity index (χ4v) is 0.451. The summed E-state index contributed by atoms with van der Waals surface area (Å²) >= 11 is 0. The molecule has 1 heterocycles. The lowest BCUT2D eigenvalue weighted by atomic mass is 10.4. The van der Waals surface area contributed by atoms with E-state index < -0.39 is 0 Å². The summed E-state index contributed by atoms with van der Waals surface area (Å²) in [4.78, 5) is 17.6. The normalized spacial score (nSPS) is 17.4. The molecule has 0 atom stereocenters. The Labute approximate surface area is 51.6 Å². The molecule has 0 amide bonds. The smallest absolute Gasteiger partial charge is 0.232 e. The van der Waals surface area contributed by atoms with Crippen molar-refractivity contribution >= 4 is 18.0 Å². The number of nitrogens with zero attached hydrogens (tertiary/aromatic N) is 2. The van der Waals surface area contributed by atoms with E-state index in [0.717, 1.165) is 0 Å². The highest BCUT2D eigenvalue weighted by atomic mass is 16.1. The lowest BCUT2D eigenvalue weighted by Crippen LogP contribution is -2.32. The number of hydrogen-bond donors (Lipinski definition) is 2. The maximum atomic E-state index is 10.4. The summed E-state index contributed by atoms with van der Waals surface area (Å²) in [6.07, 6.45) is 1.20. The average molecular weight is 126 g/mol. The molecule has 0 aliphatic carbocycles. The monoisotopic (exact) mass is 126 g/mol. The summed E-state index contributed by atoms with van der Waals surface area (Å²) in [6.45, 7) is 0.142. The molecule has 0 aromatic heterocycles. The van der Waals surface area contributed by atoms with Gasteiger partial charge in [-0.25, -0.2) is 15.8 Å². The zero-order chi connectivity index (χ0) is 6.69. The molecule has 0 aromatic rings. The van der Waals surface area contributed by atoms with Crippen LogP contribution in [0.25, 0.3) is 0 Å². The second kappa shape index (κ2) is 2.36. The number of carbonyl (C=O) groups is 1. The molecular weight excluding hydrogens is 120 g/mol. The average Bonchev–Trinajstić information content (AvgIpc) is 1.90. The van der Waals surface area contributed by atoms with E-state index in [9.17, 15) is 4.79 Å². The van der Waals surface area contributed by atoms with Gasteiger partial charge in [0.15, 0.2) is 5.78 Å². The molecule has 9 heavy (non-hydrogen) atoms. The Bertz CT molecular complexity index is 183. The molecule has 0 aromatic carbocycles. The lowest BCUT2D eigenvalue weighted by Gasteiger charge is -2.00. The zero-order valence-electron chi connectivity index (χ0n) is 4.66. The van der Waals surface area contributed by atoms with Gasteiger partial charge in [-0.15, -0.1) is 0 Å². The molecule has 1 aliphatic heterocycles. The van der Waals surface area contributed by atoms with Gasteiger partial charge in [0.2, 0.25) is 5.96 Å². The highest BCUT2D eigenvalue weighted by Crippen LogP contribution is 1.83. The van der Waals surface area contributed by atoms with Crippen molar-refractivity contribution < 1.29 is 4.79 Å². The van der Waals surface area contributed by atoms with Gasteiger partial charge < -0.3 is 0 Å². The lowest BCUT2D eigenvalue weighted by molar-refractivity contribution is -0.111. The van der Waals surface area contributed by atoms with Crippen LogP contribution in [-0.4, -0.2) is 24.5 Å². The molecular formula is C4H6N4O. The maximum absolute atomic E-state index is 10.4. The van der Waals surface area contributed by atoms with Crippen LogP contribution >= 0.6 is 0 Å². The van der Waals surface area contributed by atoms with Crippen molar-refractivity contribution in [3.8, 4) is 0 Å². The number of aliphatic imine (C=N–C) groups is 2. The Morgan fingerprint density at radius 1 is 1.78 bits per heavy atom. The Morgan fingerprint density at radius 3 is 3.00 bits per heavy atom. The van der Waals surface area contributed by atoms with Gasteiger partial charge in [-0.3, -0.25) is 10.2 Å². The summed E-state index contributed by atoms with van der Waals surface area (Å²) in [6, 6.07) is 0. The first-order valence-electron chi connectivity index (χ1n) is 2.41. The number of carbonyl (C=O) groups excluding carboxylic acids is 1. The van der Waals surface area contributed by atoms with Crippen molar-refractivity contribution in [3.05, 3.63) is 0 Å². The highest BCUT2D eigenvalue weighted by molar-refractivity contribution is 6.31. The first-order chi connectivity index (χ1) is 4.33. The highest BCUT2D eigenvalue weighted by Gasteiger charge is 2.02. The minimum Gasteiger partial charge on any atom is -0.293 e. The Balaban J connectivity index is 2.63. The van der Waals surface area contributed by atoms with Crippen LogP contribution in [0.3, 0.4) is 0 Å². The number of Topliss-reactive ketones (excluding diaryl/α,β-unsaturated/α-hetero) is 1. The third-order valence-corrected chi connectivity index (χ3v) is 0.845. The standard InChI is InChI=1S/C4H6N4O/c5-8-4-6-1-3(9)2-7-4/h1H,2,5H2,(H,7,8). The molecule has 5 heteroatoms. The van der Waals surface area contributed by atoms with Gasteiger partial charge in [0, 0.05) is 0 Å². The summed E-state index contributed by atoms with van der Waals surface area (Å²) in [5, 5.41) is 0. The predicted octanol–water partition coefficient (Wildman–Crippen LogP) is -1.54. The van der Waals surface area contributed by atoms with Crippen LogP contribution in [-0.2, 0) is 4.79 Å². The van der Waals surface area contributed by atoms with E-state index >= 15 is 0 Å². The molecule has 0 saturated heterocycles. The van der Waals surface area contributed by atoms with Crippen molar-refractivity contribution in [3.63, 3.8) is 0 Å². The maximum Gasteiger partial charge on any atom is 0.232 e. The topological polar surface area (TPSA) is 79.8 Å². The van der Waals surface area contributed by atoms with Gasteiger partial charge in [0.1, 0.15) is 6.54 Å². The molecule has 48 valence electrons. The summed E-state index contributed by atoms with van der Waals surface area (Å²) in [5.74, 6) is 5.14. The Hall–Kier alpha value is -1.23. The second-order valence-corrected chi connectivity index (χ2v) is 1.51. The van der Waals surface area contributed by atoms with E-state index in [4.69, 9.17) is 5.84 Å². The number of ketones is 1. The van der Waals surface area contributed by atoms with Gasteiger partial charge in [-0.2, -0.15) is 0 Å². The first-order valence-corrected chi connectivity index (χ1v) is 2.41. The number of nitrogens with two attached hydrogens (primary N) is 1. The summed E-state index contributed by atoms with van der Waals surface area (Å²) in [7, 11) is 0. The molecule has 0 saturated carbocycles. The third-order valence-electron chi connectivity index (χ3n) is 0.845. The Morgan fingerprint density at radius 2 is 2.56 bits per heavy atom. The van der Waals surface area contributed by atoms with Crippen LogP contribution < -0.4 is 11.3 Å². The molecule has 0 spiro atoms. The van der Waals surface area contributed by atoms with E-state index in [1.54, 1.807) is 0 Å². The van der Waals surface area contributed by atoms with E-state index in [1.807, 2.05) is 0 Å². The SMILES string of the molecule is NNC1=NCC(=O)C=N1. The first kappa shape index (κ1) is 5.90. The van der Waals surface area contributed by atoms with Crippen LogP contribution in [0.2, 0.25) is 0 Å². The molecule has 3 N–H and O–H groups in total. The van der Waals surface area contributed by atoms with Crippen LogP contribution in [0.15, 0.2) is 9.98 Å². The zero-order valence-corrected chi connectivity index (χ0v) is 4.66. The third kappa shape index (κ3) is 1.33. The number of hydrogen-bond acceptors (Lipinski definition) is 5. The van der Waals surface area contributed by atoms with Gasteiger partial charge in [-0.1, -0.05) is 0 Å². The van der Waals surface area contributed by atoms with Crippen LogP contribution in [0, 0.1) is 0 Å². The van der Waals surface area contributed by atoms with E-state index in [-0.39, 0.29) is 12.3 Å². The molecule has 0 radical (unpaired) electrons. The van der Waals surface area contributed by atoms with Crippen molar-refractivity contribution in [2.75, 3.05) is 6.54 Å². The summed E-state index contributed by atoms with van der Waals surface area (Å²) in [5.41, 5.74) is 2.22. The second-order valence-electron chi connectivity index (χ2n) is 1.51. The molecule has 0 fully saturated rings. The van der Waals surface area contributed by atoms with Crippen molar-refractivity contribution in [2.24, 2.45) is 15.8 Å². The number of guanidine groups is 1. The fraction of sp³-hybridized carbons (Fsp3) is 0.250. The molecule has 1 aliphatic rings. The Kier molecular flexibility index (Phi) is 1.55. The minimum atomic E-state index is -0.103. The number of nitrogens with one attached hydrogen (secondary N) is 1. The van der Waals surface area contributed by atoms with Crippen LogP contribution in [0.4, 0.5) is 0 Å². The molecule has 0 unspecified atom stereocenters. The van der Waals surface area contributed by atoms with Gasteiger partial charge in [0.25, 0.3) is 0 Å². The van der Waals surface area contributed by atoms with Crippen LogP contribution in [0.5, 0.6) is 0 Å². The molecule has 1 rings (SSSR count). The van der Waals surface area contributed by atoms with Gasteiger partial charge >= 0.3 is 0 Å². The fourth-order valence-electron chi connectivity index (χ4n) is 0.451. The van der Waals surface area contributed by atoms with E-state index in [2.05, 4.69) is 15.4 Å². The van der Waals surface area contributed by atoms with Crippen molar-refractivity contribution in [1.29, 1.82) is 0 Å². The van der Waals surface area contributed by atoms with E-state index in [0.29, 0.717) is 5.96 Å². The van der Waals surface area contributed by atoms with E-state index in [1.165, 1.54) is 6.21 Å². The molecule has 0 bridgehead atoms. The minimum absolute atomic E-state index is 0.103.